The minimum Gasteiger partial charge on any atom is -0.478 e. The van der Waals surface area contributed by atoms with Crippen molar-refractivity contribution in [3.05, 3.63) is 23.4 Å². The van der Waals surface area contributed by atoms with Crippen molar-refractivity contribution in [2.45, 2.75) is 39.5 Å². The zero-order valence-corrected chi connectivity index (χ0v) is 11.7. The van der Waals surface area contributed by atoms with E-state index < -0.39 is 5.97 Å². The molecule has 1 unspecified atom stereocenters. The topological polar surface area (TPSA) is 53.4 Å². The molecule has 1 aromatic rings. The van der Waals surface area contributed by atoms with Gasteiger partial charge in [-0.15, -0.1) is 0 Å². The first-order valence-corrected chi connectivity index (χ1v) is 7.09. The molecule has 0 bridgehead atoms. The molecule has 0 saturated carbocycles. The van der Waals surface area contributed by atoms with Gasteiger partial charge >= 0.3 is 5.97 Å². The van der Waals surface area contributed by atoms with E-state index >= 15 is 0 Å². The molecule has 2 heterocycles. The molecule has 104 valence electrons. The van der Waals surface area contributed by atoms with Crippen molar-refractivity contribution in [1.82, 2.24) is 4.98 Å². The highest BCUT2D eigenvalue weighted by Crippen LogP contribution is 2.22. The Kier molecular flexibility index (Phi) is 4.40. The van der Waals surface area contributed by atoms with Crippen LogP contribution in [0.2, 0.25) is 0 Å². The van der Waals surface area contributed by atoms with Crippen LogP contribution in [0.25, 0.3) is 0 Å². The molecule has 1 saturated heterocycles. The minimum absolute atomic E-state index is 0.346. The van der Waals surface area contributed by atoms with Gasteiger partial charge < -0.3 is 10.0 Å². The van der Waals surface area contributed by atoms with E-state index in [4.69, 9.17) is 0 Å². The van der Waals surface area contributed by atoms with Crippen LogP contribution in [0.15, 0.2) is 12.1 Å². The second kappa shape index (κ2) is 6.04. The van der Waals surface area contributed by atoms with Crippen LogP contribution in [-0.2, 0) is 6.42 Å². The molecule has 4 nitrogen and oxygen atoms in total. The van der Waals surface area contributed by atoms with Crippen molar-refractivity contribution >= 4 is 11.8 Å². The number of carboxylic acids is 1. The van der Waals surface area contributed by atoms with E-state index in [9.17, 15) is 9.90 Å². The maximum absolute atomic E-state index is 11.2. The standard InChI is InChI=1S/C15H22N2O2/c1-3-13-9-12(15(18)19)10-14(16-13)17-7-4-5-11(2)6-8-17/h9-11H,3-8H2,1-2H3,(H,18,19). The summed E-state index contributed by atoms with van der Waals surface area (Å²) in [7, 11) is 0. The number of nitrogens with zero attached hydrogens (tertiary/aromatic N) is 2. The average Bonchev–Trinajstić information content (AvgIpc) is 2.63. The van der Waals surface area contributed by atoms with Gasteiger partial charge in [0, 0.05) is 18.8 Å². The van der Waals surface area contributed by atoms with Gasteiger partial charge in [-0.05, 0) is 43.7 Å². The van der Waals surface area contributed by atoms with E-state index in [1.54, 1.807) is 12.1 Å². The van der Waals surface area contributed by atoms with Gasteiger partial charge in [-0.3, -0.25) is 0 Å². The predicted molar refractivity (Wildman–Crippen MR) is 75.8 cm³/mol. The first-order chi connectivity index (χ1) is 9.10. The number of pyridine rings is 1. The van der Waals surface area contributed by atoms with Crippen LogP contribution < -0.4 is 4.90 Å². The van der Waals surface area contributed by atoms with Gasteiger partial charge in [0.05, 0.1) is 5.56 Å². The number of rotatable bonds is 3. The Balaban J connectivity index is 2.27. The van der Waals surface area contributed by atoms with E-state index in [1.165, 1.54) is 6.42 Å². The Bertz CT molecular complexity index is 459. The number of hydrogen-bond acceptors (Lipinski definition) is 3. The summed E-state index contributed by atoms with van der Waals surface area (Å²) in [4.78, 5) is 18.0. The Labute approximate surface area is 114 Å². The predicted octanol–water partition coefficient (Wildman–Crippen LogP) is 2.97. The first-order valence-electron chi connectivity index (χ1n) is 7.09. The minimum atomic E-state index is -0.874. The SMILES string of the molecule is CCc1cc(C(=O)O)cc(N2CCCC(C)CC2)n1. The Hall–Kier alpha value is -1.58. The number of hydrogen-bond donors (Lipinski definition) is 1. The number of carbonyl (C=O) groups is 1. The van der Waals surface area contributed by atoms with Crippen LogP contribution in [0.3, 0.4) is 0 Å². The molecule has 0 amide bonds. The Morgan fingerprint density at radius 1 is 1.42 bits per heavy atom. The molecule has 0 radical (unpaired) electrons. The number of anilines is 1. The summed E-state index contributed by atoms with van der Waals surface area (Å²) in [6.45, 7) is 6.23. The molecule has 0 aromatic carbocycles. The van der Waals surface area contributed by atoms with Gasteiger partial charge in [0.15, 0.2) is 0 Å². The number of aryl methyl sites for hydroxylation is 1. The van der Waals surface area contributed by atoms with E-state index in [2.05, 4.69) is 16.8 Å². The smallest absolute Gasteiger partial charge is 0.335 e. The van der Waals surface area contributed by atoms with Crippen molar-refractivity contribution in [2.24, 2.45) is 5.92 Å². The maximum Gasteiger partial charge on any atom is 0.335 e. The highest BCUT2D eigenvalue weighted by atomic mass is 16.4. The number of aromatic nitrogens is 1. The molecule has 19 heavy (non-hydrogen) atoms. The number of carboxylic acid groups (broad SMARTS) is 1. The zero-order chi connectivity index (χ0) is 13.8. The second-order valence-electron chi connectivity index (χ2n) is 5.39. The fraction of sp³-hybridized carbons (Fsp3) is 0.600. The molecule has 1 aromatic heterocycles. The van der Waals surface area contributed by atoms with Crippen LogP contribution in [0.5, 0.6) is 0 Å². The summed E-state index contributed by atoms with van der Waals surface area (Å²) in [5, 5.41) is 9.18. The van der Waals surface area contributed by atoms with E-state index in [-0.39, 0.29) is 0 Å². The summed E-state index contributed by atoms with van der Waals surface area (Å²) < 4.78 is 0. The lowest BCUT2D eigenvalue weighted by Crippen LogP contribution is -2.25. The monoisotopic (exact) mass is 262 g/mol. The van der Waals surface area contributed by atoms with Gasteiger partial charge in [0.2, 0.25) is 0 Å². The molecular weight excluding hydrogens is 240 g/mol. The summed E-state index contributed by atoms with van der Waals surface area (Å²) in [6, 6.07) is 3.38. The zero-order valence-electron chi connectivity index (χ0n) is 11.7. The Morgan fingerprint density at radius 2 is 2.21 bits per heavy atom. The highest BCUT2D eigenvalue weighted by Gasteiger charge is 2.17. The van der Waals surface area contributed by atoms with Crippen molar-refractivity contribution in [3.63, 3.8) is 0 Å². The molecule has 1 aliphatic rings. The molecule has 2 rings (SSSR count). The van der Waals surface area contributed by atoms with Crippen molar-refractivity contribution in [1.29, 1.82) is 0 Å². The summed E-state index contributed by atoms with van der Waals surface area (Å²) in [5.41, 5.74) is 1.20. The quantitative estimate of drug-likeness (QED) is 0.910. The van der Waals surface area contributed by atoms with Gasteiger partial charge in [0.25, 0.3) is 0 Å². The normalized spacial score (nSPS) is 20.1. The van der Waals surface area contributed by atoms with E-state index in [0.29, 0.717) is 5.56 Å². The molecule has 1 N–H and O–H groups in total. The molecule has 0 spiro atoms. The van der Waals surface area contributed by atoms with Crippen molar-refractivity contribution in [3.8, 4) is 0 Å². The van der Waals surface area contributed by atoms with E-state index in [0.717, 1.165) is 49.8 Å². The molecule has 0 aliphatic carbocycles. The third kappa shape index (κ3) is 3.46. The van der Waals surface area contributed by atoms with Crippen LogP contribution >= 0.6 is 0 Å². The molecule has 1 fully saturated rings. The second-order valence-corrected chi connectivity index (χ2v) is 5.39. The number of aromatic carboxylic acids is 1. The van der Waals surface area contributed by atoms with Crippen LogP contribution in [-0.4, -0.2) is 29.1 Å². The van der Waals surface area contributed by atoms with Gasteiger partial charge in [-0.2, -0.15) is 0 Å². The van der Waals surface area contributed by atoms with Crippen molar-refractivity contribution in [2.75, 3.05) is 18.0 Å². The lowest BCUT2D eigenvalue weighted by molar-refractivity contribution is 0.0696. The lowest BCUT2D eigenvalue weighted by Gasteiger charge is -2.22. The van der Waals surface area contributed by atoms with Crippen LogP contribution in [0.4, 0.5) is 5.82 Å². The molecule has 4 heteroatoms. The van der Waals surface area contributed by atoms with Gasteiger partial charge in [-0.1, -0.05) is 13.8 Å². The molecule has 1 aliphatic heterocycles. The fourth-order valence-electron chi connectivity index (χ4n) is 2.53. The molecule has 1 atom stereocenters. The summed E-state index contributed by atoms with van der Waals surface area (Å²) in [5.74, 6) is 0.700. The average molecular weight is 262 g/mol. The van der Waals surface area contributed by atoms with E-state index in [1.807, 2.05) is 6.92 Å². The fourth-order valence-corrected chi connectivity index (χ4v) is 2.53. The lowest BCUT2D eigenvalue weighted by atomic mass is 10.0. The third-order valence-corrected chi connectivity index (χ3v) is 3.81. The summed E-state index contributed by atoms with van der Waals surface area (Å²) >= 11 is 0. The van der Waals surface area contributed by atoms with Crippen LogP contribution in [0, 0.1) is 5.92 Å². The maximum atomic E-state index is 11.2. The molecular formula is C15H22N2O2. The Morgan fingerprint density at radius 3 is 2.89 bits per heavy atom. The van der Waals surface area contributed by atoms with Gasteiger partial charge in [0.1, 0.15) is 5.82 Å². The van der Waals surface area contributed by atoms with Crippen LogP contribution in [0.1, 0.15) is 49.2 Å². The highest BCUT2D eigenvalue weighted by molar-refractivity contribution is 5.88. The van der Waals surface area contributed by atoms with Crippen molar-refractivity contribution < 1.29 is 9.90 Å². The van der Waals surface area contributed by atoms with Gasteiger partial charge in [-0.25, -0.2) is 9.78 Å². The largest absolute Gasteiger partial charge is 0.478 e. The first kappa shape index (κ1) is 13.8. The summed E-state index contributed by atoms with van der Waals surface area (Å²) in [6.07, 6.45) is 4.32. The third-order valence-electron chi connectivity index (χ3n) is 3.81.